The normalized spacial score (nSPS) is 21.8. The molecule has 5 heteroatoms. The van der Waals surface area contributed by atoms with Crippen LogP contribution in [0.25, 0.3) is 0 Å². The maximum Gasteiger partial charge on any atom is 0.222 e. The lowest BCUT2D eigenvalue weighted by atomic mass is 10.0. The first-order valence-corrected chi connectivity index (χ1v) is 10.2. The van der Waals surface area contributed by atoms with Gasteiger partial charge in [0.25, 0.3) is 0 Å². The van der Waals surface area contributed by atoms with Gasteiger partial charge in [0.1, 0.15) is 0 Å². The number of aryl methyl sites for hydroxylation is 2. The lowest BCUT2D eigenvalue weighted by Gasteiger charge is -2.36. The van der Waals surface area contributed by atoms with Gasteiger partial charge in [0.15, 0.2) is 0 Å². The Morgan fingerprint density at radius 2 is 1.88 bits per heavy atom. The molecule has 2 aliphatic heterocycles. The number of rotatable bonds is 7. The van der Waals surface area contributed by atoms with Crippen LogP contribution in [0.5, 0.6) is 0 Å². The van der Waals surface area contributed by atoms with E-state index in [-0.39, 0.29) is 0 Å². The summed E-state index contributed by atoms with van der Waals surface area (Å²) in [5.41, 5.74) is 2.26. The number of hydrogen-bond acceptors (Lipinski definition) is 3. The van der Waals surface area contributed by atoms with Gasteiger partial charge in [-0.1, -0.05) is 0 Å². The number of amides is 1. The standard InChI is InChI=1S/C20H34N4O/c1-17-15-18(2)24(21-17)16-19-9-3-6-14-23(19)20(25)10-4-5-11-22-12-7-8-13-22/h15,19H,3-14,16H2,1-2H3/t19-/m1/s1. The molecule has 1 amide bonds. The minimum Gasteiger partial charge on any atom is -0.338 e. The molecule has 1 atom stereocenters. The Morgan fingerprint density at radius 3 is 2.60 bits per heavy atom. The number of nitrogens with zero attached hydrogens (tertiary/aromatic N) is 4. The number of likely N-dealkylation sites (tertiary alicyclic amines) is 2. The summed E-state index contributed by atoms with van der Waals surface area (Å²) in [5, 5.41) is 4.59. The number of hydrogen-bond donors (Lipinski definition) is 0. The van der Waals surface area contributed by atoms with Crippen LogP contribution in [0.4, 0.5) is 0 Å². The number of carbonyl (C=O) groups is 1. The summed E-state index contributed by atoms with van der Waals surface area (Å²) in [7, 11) is 0. The van der Waals surface area contributed by atoms with Crippen molar-refractivity contribution in [1.29, 1.82) is 0 Å². The third-order valence-electron chi connectivity index (χ3n) is 5.75. The summed E-state index contributed by atoms with van der Waals surface area (Å²) in [5.74, 6) is 0.354. The topological polar surface area (TPSA) is 41.4 Å². The maximum absolute atomic E-state index is 12.8. The second-order valence-corrected chi connectivity index (χ2v) is 7.85. The van der Waals surface area contributed by atoms with Crippen LogP contribution in [-0.4, -0.2) is 57.7 Å². The first-order valence-electron chi connectivity index (χ1n) is 10.2. The largest absolute Gasteiger partial charge is 0.338 e. The molecule has 3 rings (SSSR count). The third kappa shape index (κ3) is 5.06. The predicted molar refractivity (Wildman–Crippen MR) is 101 cm³/mol. The van der Waals surface area contributed by atoms with E-state index in [1.165, 1.54) is 44.6 Å². The van der Waals surface area contributed by atoms with Gasteiger partial charge in [-0.25, -0.2) is 0 Å². The molecule has 1 aromatic heterocycles. The highest BCUT2D eigenvalue weighted by molar-refractivity contribution is 5.76. The van der Waals surface area contributed by atoms with Crippen molar-refractivity contribution in [3.05, 3.63) is 17.5 Å². The summed E-state index contributed by atoms with van der Waals surface area (Å²) < 4.78 is 2.08. The molecule has 2 aliphatic rings. The van der Waals surface area contributed by atoms with Crippen LogP contribution < -0.4 is 0 Å². The Labute approximate surface area is 152 Å². The second-order valence-electron chi connectivity index (χ2n) is 7.85. The molecule has 0 aromatic carbocycles. The quantitative estimate of drug-likeness (QED) is 0.712. The SMILES string of the molecule is Cc1cc(C)n(C[C@H]2CCCCN2C(=O)CCCCN2CCCC2)n1. The summed E-state index contributed by atoms with van der Waals surface area (Å²) in [6, 6.07) is 2.44. The van der Waals surface area contributed by atoms with Crippen molar-refractivity contribution in [3.63, 3.8) is 0 Å². The van der Waals surface area contributed by atoms with Gasteiger partial charge in [0.05, 0.1) is 18.3 Å². The van der Waals surface area contributed by atoms with Gasteiger partial charge in [-0.15, -0.1) is 0 Å². The number of piperidine rings is 1. The smallest absolute Gasteiger partial charge is 0.222 e. The molecule has 1 aromatic rings. The number of aromatic nitrogens is 2. The minimum atomic E-state index is 0.317. The summed E-state index contributed by atoms with van der Waals surface area (Å²) >= 11 is 0. The fourth-order valence-electron chi connectivity index (χ4n) is 4.34. The molecule has 0 spiro atoms. The zero-order chi connectivity index (χ0) is 17.6. The first-order chi connectivity index (χ1) is 12.1. The van der Waals surface area contributed by atoms with Crippen LogP contribution in [-0.2, 0) is 11.3 Å². The summed E-state index contributed by atoms with van der Waals surface area (Å²) in [6.07, 6.45) is 9.07. The van der Waals surface area contributed by atoms with E-state index in [0.29, 0.717) is 18.4 Å². The van der Waals surface area contributed by atoms with Crippen molar-refractivity contribution in [2.24, 2.45) is 0 Å². The van der Waals surface area contributed by atoms with Crippen molar-refractivity contribution in [1.82, 2.24) is 19.6 Å². The Hall–Kier alpha value is -1.36. The molecular formula is C20H34N4O. The van der Waals surface area contributed by atoms with E-state index in [4.69, 9.17) is 0 Å². The Kier molecular flexibility index (Phi) is 6.51. The zero-order valence-corrected chi connectivity index (χ0v) is 16.0. The molecule has 0 aliphatic carbocycles. The van der Waals surface area contributed by atoms with E-state index in [2.05, 4.69) is 32.6 Å². The maximum atomic E-state index is 12.8. The zero-order valence-electron chi connectivity index (χ0n) is 16.0. The van der Waals surface area contributed by atoms with Crippen LogP contribution in [0, 0.1) is 13.8 Å². The van der Waals surface area contributed by atoms with E-state index < -0.39 is 0 Å². The minimum absolute atomic E-state index is 0.317. The van der Waals surface area contributed by atoms with Gasteiger partial charge in [0, 0.05) is 18.7 Å². The van der Waals surface area contributed by atoms with Crippen molar-refractivity contribution in [2.45, 2.75) is 77.8 Å². The molecule has 0 saturated carbocycles. The number of unbranched alkanes of at least 4 members (excludes halogenated alkanes) is 1. The monoisotopic (exact) mass is 346 g/mol. The molecule has 2 fully saturated rings. The van der Waals surface area contributed by atoms with Gasteiger partial charge < -0.3 is 9.80 Å². The third-order valence-corrected chi connectivity index (χ3v) is 5.75. The Morgan fingerprint density at radius 1 is 1.12 bits per heavy atom. The van der Waals surface area contributed by atoms with E-state index in [0.717, 1.165) is 44.5 Å². The lowest BCUT2D eigenvalue weighted by Crippen LogP contribution is -2.46. The highest BCUT2D eigenvalue weighted by Crippen LogP contribution is 2.21. The highest BCUT2D eigenvalue weighted by Gasteiger charge is 2.27. The Balaban J connectivity index is 1.47. The molecule has 0 radical (unpaired) electrons. The Bertz CT molecular complexity index is 562. The molecule has 0 unspecified atom stereocenters. The van der Waals surface area contributed by atoms with Crippen LogP contribution in [0.3, 0.4) is 0 Å². The van der Waals surface area contributed by atoms with Crippen LogP contribution in [0.2, 0.25) is 0 Å². The van der Waals surface area contributed by atoms with E-state index in [9.17, 15) is 4.79 Å². The molecule has 0 bridgehead atoms. The van der Waals surface area contributed by atoms with Crippen LogP contribution in [0.1, 0.15) is 62.8 Å². The molecule has 25 heavy (non-hydrogen) atoms. The van der Waals surface area contributed by atoms with Crippen molar-refractivity contribution in [2.75, 3.05) is 26.2 Å². The predicted octanol–water partition coefficient (Wildman–Crippen LogP) is 3.15. The molecular weight excluding hydrogens is 312 g/mol. The summed E-state index contributed by atoms with van der Waals surface area (Å²) in [4.78, 5) is 17.5. The van der Waals surface area contributed by atoms with Gasteiger partial charge in [-0.3, -0.25) is 9.48 Å². The van der Waals surface area contributed by atoms with Crippen LogP contribution >= 0.6 is 0 Å². The van der Waals surface area contributed by atoms with Gasteiger partial charge in [0.2, 0.25) is 5.91 Å². The molecule has 140 valence electrons. The lowest BCUT2D eigenvalue weighted by molar-refractivity contribution is -0.135. The van der Waals surface area contributed by atoms with Crippen LogP contribution in [0.15, 0.2) is 6.07 Å². The van der Waals surface area contributed by atoms with Crippen molar-refractivity contribution in [3.8, 4) is 0 Å². The van der Waals surface area contributed by atoms with Gasteiger partial charge in [-0.05, 0) is 84.5 Å². The van der Waals surface area contributed by atoms with Crippen molar-refractivity contribution >= 4 is 5.91 Å². The fourth-order valence-corrected chi connectivity index (χ4v) is 4.34. The first kappa shape index (κ1) is 18.4. The number of carbonyl (C=O) groups excluding carboxylic acids is 1. The average Bonchev–Trinajstić information content (AvgIpc) is 3.22. The molecule has 3 heterocycles. The van der Waals surface area contributed by atoms with Crippen molar-refractivity contribution < 1.29 is 4.79 Å². The van der Waals surface area contributed by atoms with E-state index in [1.807, 2.05) is 6.92 Å². The van der Waals surface area contributed by atoms with E-state index in [1.54, 1.807) is 0 Å². The highest BCUT2D eigenvalue weighted by atomic mass is 16.2. The van der Waals surface area contributed by atoms with Gasteiger partial charge in [-0.2, -0.15) is 5.10 Å². The fraction of sp³-hybridized carbons (Fsp3) is 0.800. The summed E-state index contributed by atoms with van der Waals surface area (Å²) in [6.45, 7) is 9.59. The van der Waals surface area contributed by atoms with E-state index >= 15 is 0 Å². The average molecular weight is 347 g/mol. The van der Waals surface area contributed by atoms with Gasteiger partial charge >= 0.3 is 0 Å². The molecule has 0 N–H and O–H groups in total. The second kappa shape index (κ2) is 8.84. The molecule has 2 saturated heterocycles. The molecule has 5 nitrogen and oxygen atoms in total.